The van der Waals surface area contributed by atoms with Crippen molar-refractivity contribution in [2.24, 2.45) is 0 Å². The van der Waals surface area contributed by atoms with E-state index in [0.717, 1.165) is 83.5 Å². The monoisotopic (exact) mass is 1010 g/mol. The number of rotatable bonds is 58. The topological polar surface area (TPSA) is 78.9 Å². The summed E-state index contributed by atoms with van der Waals surface area (Å²) in [6.45, 7) is 6.52. The van der Waals surface area contributed by atoms with Crippen molar-refractivity contribution in [3.05, 3.63) is 48.6 Å². The summed E-state index contributed by atoms with van der Waals surface area (Å²) in [5.41, 5.74) is 0. The second-order valence-corrected chi connectivity index (χ2v) is 21.3. The summed E-state index contributed by atoms with van der Waals surface area (Å²) in [4.78, 5) is 38.0. The van der Waals surface area contributed by atoms with Gasteiger partial charge in [-0.3, -0.25) is 14.4 Å². The number of carbonyl (C=O) groups is 3. The minimum absolute atomic E-state index is 0.0707. The van der Waals surface area contributed by atoms with Crippen molar-refractivity contribution >= 4 is 17.9 Å². The van der Waals surface area contributed by atoms with Crippen molar-refractivity contribution in [1.29, 1.82) is 0 Å². The van der Waals surface area contributed by atoms with Crippen molar-refractivity contribution in [1.82, 2.24) is 0 Å². The number of hydrogen-bond acceptors (Lipinski definition) is 6. The lowest BCUT2D eigenvalue weighted by Crippen LogP contribution is -2.30. The van der Waals surface area contributed by atoms with Gasteiger partial charge in [0.05, 0.1) is 0 Å². The van der Waals surface area contributed by atoms with E-state index < -0.39 is 6.10 Å². The van der Waals surface area contributed by atoms with Crippen molar-refractivity contribution < 1.29 is 28.6 Å². The first-order chi connectivity index (χ1) is 35.5. The molecule has 0 fully saturated rings. The average Bonchev–Trinajstić information content (AvgIpc) is 3.38. The summed E-state index contributed by atoms with van der Waals surface area (Å²) >= 11 is 0. The minimum atomic E-state index is -0.770. The molecule has 1 unspecified atom stereocenters. The van der Waals surface area contributed by atoms with Gasteiger partial charge in [0.2, 0.25) is 0 Å². The number of unbranched alkanes of at least 4 members (excludes halogenated alkanes) is 39. The first kappa shape index (κ1) is 69.4. The van der Waals surface area contributed by atoms with E-state index >= 15 is 0 Å². The van der Waals surface area contributed by atoms with Crippen LogP contribution in [0.1, 0.15) is 335 Å². The van der Waals surface area contributed by atoms with E-state index in [-0.39, 0.29) is 31.1 Å². The molecule has 1 atom stereocenters. The van der Waals surface area contributed by atoms with Crippen molar-refractivity contribution in [3.63, 3.8) is 0 Å². The number of ether oxygens (including phenoxy) is 3. The lowest BCUT2D eigenvalue weighted by atomic mass is 10.0. The highest BCUT2D eigenvalue weighted by molar-refractivity contribution is 5.71. The van der Waals surface area contributed by atoms with Gasteiger partial charge in [-0.2, -0.15) is 0 Å². The lowest BCUT2D eigenvalue weighted by Gasteiger charge is -2.18. The fourth-order valence-corrected chi connectivity index (χ4v) is 9.38. The van der Waals surface area contributed by atoms with Crippen LogP contribution in [0.2, 0.25) is 0 Å². The number of allylic oxidation sites excluding steroid dienone is 8. The zero-order valence-corrected chi connectivity index (χ0v) is 48.2. The van der Waals surface area contributed by atoms with Crippen LogP contribution in [0.3, 0.4) is 0 Å². The highest BCUT2D eigenvalue weighted by Gasteiger charge is 2.19. The van der Waals surface area contributed by atoms with Crippen LogP contribution in [0.15, 0.2) is 48.6 Å². The van der Waals surface area contributed by atoms with E-state index in [1.165, 1.54) is 212 Å². The molecular weight excluding hydrogens is 889 g/mol. The molecule has 0 saturated heterocycles. The number of esters is 3. The highest BCUT2D eigenvalue weighted by Crippen LogP contribution is 2.18. The van der Waals surface area contributed by atoms with Gasteiger partial charge in [-0.1, -0.05) is 307 Å². The van der Waals surface area contributed by atoms with Crippen LogP contribution in [-0.2, 0) is 28.6 Å². The highest BCUT2D eigenvalue weighted by atomic mass is 16.6. The molecule has 0 bridgehead atoms. The summed E-state index contributed by atoms with van der Waals surface area (Å²) in [6, 6.07) is 0. The Hall–Kier alpha value is -2.63. The van der Waals surface area contributed by atoms with E-state index in [0.29, 0.717) is 19.3 Å². The second-order valence-electron chi connectivity index (χ2n) is 21.3. The molecule has 0 spiro atoms. The predicted octanol–water partition coefficient (Wildman–Crippen LogP) is 21.4. The molecule has 0 aliphatic carbocycles. The van der Waals surface area contributed by atoms with Gasteiger partial charge in [0.1, 0.15) is 13.2 Å². The van der Waals surface area contributed by atoms with Crippen molar-refractivity contribution in [2.75, 3.05) is 13.2 Å². The zero-order chi connectivity index (χ0) is 52.2. The van der Waals surface area contributed by atoms with Crippen LogP contribution < -0.4 is 0 Å². The van der Waals surface area contributed by atoms with Gasteiger partial charge < -0.3 is 14.2 Å². The van der Waals surface area contributed by atoms with Crippen LogP contribution in [0, 0.1) is 0 Å². The first-order valence-electron chi connectivity index (χ1n) is 31.6. The third-order valence-electron chi connectivity index (χ3n) is 14.1. The predicted molar refractivity (Wildman–Crippen MR) is 312 cm³/mol. The standard InChI is InChI=1S/C66H120O6/c1-4-7-10-13-16-18-20-22-24-26-28-30-32-33-35-36-38-40-42-44-46-48-50-53-56-59-65(68)71-62-63(61-70-64(67)58-55-52-15-12-9-6-3)72-66(69)60-57-54-51-49-47-45-43-41-39-37-34-31-29-27-25-23-21-19-17-14-11-8-5-2/h8,11,17,19,23,25,29,31,63H,4-7,9-10,12-16,18,20-22,24,26-28,30,32-62H2,1-3H3/b11-8-,19-17-,25-23-,31-29-. The Kier molecular flexibility index (Phi) is 58.7. The van der Waals surface area contributed by atoms with Crippen LogP contribution in [0.4, 0.5) is 0 Å². The normalized spacial score (nSPS) is 12.3. The minimum Gasteiger partial charge on any atom is -0.462 e. The third-order valence-corrected chi connectivity index (χ3v) is 14.1. The molecule has 72 heavy (non-hydrogen) atoms. The maximum absolute atomic E-state index is 12.8. The maximum Gasteiger partial charge on any atom is 0.306 e. The molecule has 0 aliphatic heterocycles. The Morgan fingerprint density at radius 3 is 0.847 bits per heavy atom. The molecule has 0 amide bonds. The Bertz CT molecular complexity index is 1250. The fraction of sp³-hybridized carbons (Fsp3) is 0.833. The van der Waals surface area contributed by atoms with Gasteiger partial charge in [0.25, 0.3) is 0 Å². The van der Waals surface area contributed by atoms with Crippen LogP contribution in [-0.4, -0.2) is 37.2 Å². The number of carbonyl (C=O) groups excluding carboxylic acids is 3. The van der Waals surface area contributed by atoms with Gasteiger partial charge in [0.15, 0.2) is 6.10 Å². The summed E-state index contributed by atoms with van der Waals surface area (Å²) in [6.07, 6.45) is 75.9. The van der Waals surface area contributed by atoms with Crippen LogP contribution >= 0.6 is 0 Å². The summed E-state index contributed by atoms with van der Waals surface area (Å²) in [5, 5.41) is 0. The van der Waals surface area contributed by atoms with E-state index in [1.54, 1.807) is 0 Å². The molecule has 0 heterocycles. The molecular formula is C66H120O6. The zero-order valence-electron chi connectivity index (χ0n) is 48.2. The third kappa shape index (κ3) is 58.3. The molecule has 6 nitrogen and oxygen atoms in total. The summed E-state index contributed by atoms with van der Waals surface area (Å²) < 4.78 is 16.8. The quantitative estimate of drug-likeness (QED) is 0.0261. The molecule has 6 heteroatoms. The SMILES string of the molecule is CC/C=C\C/C=C\C/C=C\C/C=C\CCCCCCCCCCCCC(=O)OC(COC(=O)CCCCCCCC)COC(=O)CCCCCCCCCCCCCCCCCCCCCCCCCCC. The van der Waals surface area contributed by atoms with Gasteiger partial charge in [0, 0.05) is 19.3 Å². The summed E-state index contributed by atoms with van der Waals surface area (Å²) in [5.74, 6) is -0.867. The Labute approximate surface area is 448 Å². The van der Waals surface area contributed by atoms with E-state index in [9.17, 15) is 14.4 Å². The van der Waals surface area contributed by atoms with Gasteiger partial charge in [-0.15, -0.1) is 0 Å². The largest absolute Gasteiger partial charge is 0.462 e. The number of hydrogen-bond donors (Lipinski definition) is 0. The molecule has 0 aromatic carbocycles. The van der Waals surface area contributed by atoms with Crippen molar-refractivity contribution in [3.8, 4) is 0 Å². The van der Waals surface area contributed by atoms with E-state index in [2.05, 4.69) is 69.4 Å². The molecule has 0 radical (unpaired) electrons. The lowest BCUT2D eigenvalue weighted by molar-refractivity contribution is -0.167. The van der Waals surface area contributed by atoms with Gasteiger partial charge >= 0.3 is 17.9 Å². The smallest absolute Gasteiger partial charge is 0.306 e. The maximum atomic E-state index is 12.8. The first-order valence-corrected chi connectivity index (χ1v) is 31.6. The molecule has 0 aromatic heterocycles. The Morgan fingerprint density at radius 1 is 0.292 bits per heavy atom. The molecule has 0 rings (SSSR count). The Balaban J connectivity index is 4.05. The molecule has 0 saturated carbocycles. The van der Waals surface area contributed by atoms with E-state index in [1.807, 2.05) is 0 Å². The molecule has 0 aromatic rings. The molecule has 420 valence electrons. The van der Waals surface area contributed by atoms with Gasteiger partial charge in [-0.05, 0) is 57.8 Å². The fourth-order valence-electron chi connectivity index (χ4n) is 9.38. The molecule has 0 aliphatic rings. The summed E-state index contributed by atoms with van der Waals surface area (Å²) in [7, 11) is 0. The Morgan fingerprint density at radius 2 is 0.542 bits per heavy atom. The second kappa shape index (κ2) is 60.9. The van der Waals surface area contributed by atoms with Crippen molar-refractivity contribution in [2.45, 2.75) is 341 Å². The van der Waals surface area contributed by atoms with Crippen LogP contribution in [0.25, 0.3) is 0 Å². The van der Waals surface area contributed by atoms with Crippen LogP contribution in [0.5, 0.6) is 0 Å². The van der Waals surface area contributed by atoms with Gasteiger partial charge in [-0.25, -0.2) is 0 Å². The van der Waals surface area contributed by atoms with E-state index in [4.69, 9.17) is 14.2 Å². The average molecular weight is 1010 g/mol. The molecule has 0 N–H and O–H groups in total.